The van der Waals surface area contributed by atoms with Crippen molar-refractivity contribution in [1.29, 1.82) is 0 Å². The van der Waals surface area contributed by atoms with Crippen LogP contribution in [0.3, 0.4) is 0 Å². The number of carbonyl (C=O) groups is 4. The monoisotopic (exact) mass is 286 g/mol. The summed E-state index contributed by atoms with van der Waals surface area (Å²) in [7, 11) is 0. The third-order valence-corrected chi connectivity index (χ3v) is 1.96. The van der Waals surface area contributed by atoms with Crippen molar-refractivity contribution in [3.63, 3.8) is 0 Å². The van der Waals surface area contributed by atoms with Crippen LogP contribution in [-0.2, 0) is 19.1 Å². The second-order valence-corrected chi connectivity index (χ2v) is 5.51. The Morgan fingerprint density at radius 3 is 1.80 bits per heavy atom. The van der Waals surface area contributed by atoms with Crippen LogP contribution in [0, 0.1) is 0 Å². The Bertz CT molecular complexity index is 382. The van der Waals surface area contributed by atoms with E-state index in [2.05, 4.69) is 5.32 Å². The molecule has 0 rings (SSSR count). The van der Waals surface area contributed by atoms with Crippen LogP contribution in [0.15, 0.2) is 0 Å². The van der Waals surface area contributed by atoms with E-state index in [0.717, 1.165) is 4.90 Å². The fourth-order valence-electron chi connectivity index (χ4n) is 1.34. The zero-order valence-electron chi connectivity index (χ0n) is 12.6. The van der Waals surface area contributed by atoms with Gasteiger partial charge in [-0.05, 0) is 34.6 Å². The lowest BCUT2D eigenvalue weighted by Gasteiger charge is -2.22. The summed E-state index contributed by atoms with van der Waals surface area (Å²) in [6.45, 7) is 7.10. The van der Waals surface area contributed by atoms with E-state index in [-0.39, 0.29) is 31.2 Å². The normalized spacial score (nSPS) is 10.7. The highest BCUT2D eigenvalue weighted by atomic mass is 16.6. The van der Waals surface area contributed by atoms with Gasteiger partial charge in [0.05, 0.1) is 13.1 Å². The van der Waals surface area contributed by atoms with Crippen molar-refractivity contribution in [1.82, 2.24) is 10.2 Å². The zero-order valence-corrected chi connectivity index (χ0v) is 12.6. The minimum Gasteiger partial charge on any atom is -0.444 e. The van der Waals surface area contributed by atoms with Crippen LogP contribution in [0.5, 0.6) is 0 Å². The van der Waals surface area contributed by atoms with Crippen molar-refractivity contribution in [3.8, 4) is 0 Å². The average Bonchev–Trinajstić information content (AvgIpc) is 2.21. The van der Waals surface area contributed by atoms with Crippen LogP contribution < -0.4 is 5.32 Å². The molecule has 0 saturated heterocycles. The lowest BCUT2D eigenvalue weighted by atomic mass is 10.2. The predicted molar refractivity (Wildman–Crippen MR) is 72.2 cm³/mol. The molecular formula is C13H22N2O5. The van der Waals surface area contributed by atoms with Crippen molar-refractivity contribution in [2.24, 2.45) is 0 Å². The van der Waals surface area contributed by atoms with Crippen molar-refractivity contribution < 1.29 is 23.9 Å². The fourth-order valence-corrected chi connectivity index (χ4v) is 1.34. The molecule has 0 unspecified atom stereocenters. The molecule has 0 aromatic rings. The van der Waals surface area contributed by atoms with Gasteiger partial charge < -0.3 is 15.0 Å². The molecule has 0 aliphatic rings. The van der Waals surface area contributed by atoms with Crippen molar-refractivity contribution in [2.75, 3.05) is 19.6 Å². The first-order chi connectivity index (χ1) is 9.01. The van der Waals surface area contributed by atoms with Crippen LogP contribution in [-0.4, -0.2) is 53.7 Å². The third kappa shape index (κ3) is 9.07. The predicted octanol–water partition coefficient (Wildman–Crippen LogP) is 0.518. The van der Waals surface area contributed by atoms with E-state index >= 15 is 0 Å². The van der Waals surface area contributed by atoms with Crippen LogP contribution in [0.4, 0.5) is 4.79 Å². The number of hydrogen-bond acceptors (Lipinski definition) is 5. The average molecular weight is 286 g/mol. The molecule has 0 aliphatic heterocycles. The van der Waals surface area contributed by atoms with E-state index in [1.165, 1.54) is 13.8 Å². The second-order valence-electron chi connectivity index (χ2n) is 5.51. The number of rotatable bonds is 6. The highest BCUT2D eigenvalue weighted by Gasteiger charge is 2.20. The summed E-state index contributed by atoms with van der Waals surface area (Å²) in [5.41, 5.74) is -0.661. The van der Waals surface area contributed by atoms with Gasteiger partial charge in [0.25, 0.3) is 0 Å². The molecule has 0 fully saturated rings. The molecule has 1 N–H and O–H groups in total. The molecule has 0 aliphatic carbocycles. The van der Waals surface area contributed by atoms with Gasteiger partial charge in [-0.15, -0.1) is 0 Å². The Morgan fingerprint density at radius 2 is 1.45 bits per heavy atom. The number of Topliss-reactive ketones (excluding diaryl/α,β-unsaturated/α-hetero) is 2. The molecule has 20 heavy (non-hydrogen) atoms. The van der Waals surface area contributed by atoms with Gasteiger partial charge in [0, 0.05) is 0 Å². The summed E-state index contributed by atoms with van der Waals surface area (Å²) in [6, 6.07) is 0. The van der Waals surface area contributed by atoms with Gasteiger partial charge in [-0.2, -0.15) is 0 Å². The maximum atomic E-state index is 11.8. The SMILES string of the molecule is CC(=O)CN(CC(C)=O)C(=O)CNC(=O)OC(C)(C)C. The van der Waals surface area contributed by atoms with E-state index in [1.54, 1.807) is 20.8 Å². The summed E-state index contributed by atoms with van der Waals surface area (Å²) in [4.78, 5) is 46.4. The number of hydrogen-bond donors (Lipinski definition) is 1. The van der Waals surface area contributed by atoms with Gasteiger partial charge in [-0.25, -0.2) is 4.79 Å². The van der Waals surface area contributed by atoms with Gasteiger partial charge in [-0.1, -0.05) is 0 Å². The second kappa shape index (κ2) is 7.62. The molecule has 0 heterocycles. The first-order valence-electron chi connectivity index (χ1n) is 6.25. The van der Waals surface area contributed by atoms with Gasteiger partial charge >= 0.3 is 6.09 Å². The Balaban J connectivity index is 4.42. The van der Waals surface area contributed by atoms with Crippen LogP contribution in [0.25, 0.3) is 0 Å². The molecule has 2 amide bonds. The summed E-state index contributed by atoms with van der Waals surface area (Å²) in [5, 5.41) is 2.29. The Hall–Kier alpha value is -1.92. The molecule has 114 valence electrons. The quantitative estimate of drug-likeness (QED) is 0.768. The molecule has 0 atom stereocenters. The van der Waals surface area contributed by atoms with Crippen LogP contribution in [0.2, 0.25) is 0 Å². The molecule has 7 nitrogen and oxygen atoms in total. The van der Waals surface area contributed by atoms with E-state index < -0.39 is 17.6 Å². The summed E-state index contributed by atoms with van der Waals surface area (Å²) < 4.78 is 4.98. The Morgan fingerprint density at radius 1 is 1.00 bits per heavy atom. The summed E-state index contributed by atoms with van der Waals surface area (Å²) in [5.74, 6) is -0.991. The Kier molecular flexibility index (Phi) is 6.89. The van der Waals surface area contributed by atoms with E-state index in [1.807, 2.05) is 0 Å². The number of alkyl carbamates (subject to hydrolysis) is 1. The maximum Gasteiger partial charge on any atom is 0.408 e. The van der Waals surface area contributed by atoms with Crippen molar-refractivity contribution in [3.05, 3.63) is 0 Å². The fraction of sp³-hybridized carbons (Fsp3) is 0.692. The van der Waals surface area contributed by atoms with Crippen molar-refractivity contribution in [2.45, 2.75) is 40.2 Å². The number of nitrogens with one attached hydrogen (secondary N) is 1. The molecule has 0 saturated carbocycles. The lowest BCUT2D eigenvalue weighted by Crippen LogP contribution is -2.45. The first-order valence-corrected chi connectivity index (χ1v) is 6.25. The summed E-state index contributed by atoms with van der Waals surface area (Å²) in [6.07, 6.45) is -0.726. The van der Waals surface area contributed by atoms with E-state index in [0.29, 0.717) is 0 Å². The van der Waals surface area contributed by atoms with Crippen LogP contribution >= 0.6 is 0 Å². The highest BCUT2D eigenvalue weighted by Crippen LogP contribution is 2.06. The van der Waals surface area contributed by atoms with Gasteiger partial charge in [0.2, 0.25) is 5.91 Å². The largest absolute Gasteiger partial charge is 0.444 e. The molecule has 0 aromatic carbocycles. The third-order valence-electron chi connectivity index (χ3n) is 1.96. The number of nitrogens with zero attached hydrogens (tertiary/aromatic N) is 1. The highest BCUT2D eigenvalue weighted by molar-refractivity contribution is 5.90. The number of carbonyl (C=O) groups excluding carboxylic acids is 4. The minimum absolute atomic E-state index is 0.158. The first kappa shape index (κ1) is 18.1. The van der Waals surface area contributed by atoms with E-state index in [9.17, 15) is 19.2 Å². The molecule has 0 spiro atoms. The van der Waals surface area contributed by atoms with Gasteiger partial charge in [0.1, 0.15) is 23.7 Å². The van der Waals surface area contributed by atoms with Gasteiger partial charge in [0.15, 0.2) is 0 Å². The lowest BCUT2D eigenvalue weighted by molar-refractivity contribution is -0.136. The topological polar surface area (TPSA) is 92.8 Å². The summed E-state index contributed by atoms with van der Waals surface area (Å²) >= 11 is 0. The Labute approximate surface area is 118 Å². The van der Waals surface area contributed by atoms with Crippen molar-refractivity contribution >= 4 is 23.6 Å². The zero-order chi connectivity index (χ0) is 15.9. The molecule has 0 bridgehead atoms. The van der Waals surface area contributed by atoms with E-state index in [4.69, 9.17) is 4.74 Å². The number of amides is 2. The minimum atomic E-state index is -0.726. The molecule has 0 aromatic heterocycles. The van der Waals surface area contributed by atoms with Gasteiger partial charge in [-0.3, -0.25) is 14.4 Å². The maximum absolute atomic E-state index is 11.8. The molecule has 7 heteroatoms. The molecular weight excluding hydrogens is 264 g/mol. The number of ketones is 2. The van der Waals surface area contributed by atoms with Crippen LogP contribution in [0.1, 0.15) is 34.6 Å². The molecule has 0 radical (unpaired) electrons. The number of ether oxygens (including phenoxy) is 1. The smallest absolute Gasteiger partial charge is 0.408 e. The standard InChI is InChI=1S/C13H22N2O5/c1-9(16)7-15(8-10(2)17)11(18)6-14-12(19)20-13(3,4)5/h6-8H2,1-5H3,(H,14,19).